The van der Waals surface area contributed by atoms with Crippen LogP contribution in [0.25, 0.3) is 11.0 Å². The van der Waals surface area contributed by atoms with Crippen molar-refractivity contribution >= 4 is 34.5 Å². The van der Waals surface area contributed by atoms with Gasteiger partial charge in [-0.25, -0.2) is 14.6 Å². The van der Waals surface area contributed by atoms with E-state index in [1.165, 1.54) is 11.8 Å². The van der Waals surface area contributed by atoms with Gasteiger partial charge in [-0.1, -0.05) is 36.4 Å². The van der Waals surface area contributed by atoms with E-state index in [1.807, 2.05) is 42.1 Å². The van der Waals surface area contributed by atoms with E-state index in [4.69, 9.17) is 0 Å². The van der Waals surface area contributed by atoms with Gasteiger partial charge in [-0.15, -0.1) is 0 Å². The normalized spacial score (nSPS) is 10.9. The van der Waals surface area contributed by atoms with Gasteiger partial charge < -0.3 is 10.6 Å². The van der Waals surface area contributed by atoms with Gasteiger partial charge in [0.05, 0.1) is 18.1 Å². The third kappa shape index (κ3) is 4.57. The number of rotatable bonds is 8. The number of carbonyl (C=O) groups is 1. The maximum absolute atomic E-state index is 12.3. The molecule has 3 rings (SSSR count). The van der Waals surface area contributed by atoms with Crippen molar-refractivity contribution in [3.63, 3.8) is 0 Å². The first-order valence-corrected chi connectivity index (χ1v) is 10.2. The molecule has 1 amide bonds. The van der Waals surface area contributed by atoms with Gasteiger partial charge in [0.2, 0.25) is 0 Å². The fourth-order valence-corrected chi connectivity index (χ4v) is 3.09. The Morgan fingerprint density at radius 2 is 2.11 bits per heavy atom. The molecule has 0 fully saturated rings. The Kier molecular flexibility index (Phi) is 6.28. The molecule has 0 atom stereocenters. The quantitative estimate of drug-likeness (QED) is 0.459. The Morgan fingerprint density at radius 1 is 1.26 bits per heavy atom. The van der Waals surface area contributed by atoms with Gasteiger partial charge in [0, 0.05) is 18.7 Å². The molecular formula is C19H24N6OS. The number of hydrogen-bond acceptors (Lipinski definition) is 6. The van der Waals surface area contributed by atoms with Gasteiger partial charge in [-0.05, 0) is 31.7 Å². The van der Waals surface area contributed by atoms with E-state index in [1.54, 1.807) is 6.20 Å². The molecule has 2 heterocycles. The van der Waals surface area contributed by atoms with Crippen LogP contribution in [0.4, 0.5) is 5.82 Å². The van der Waals surface area contributed by atoms with Crippen LogP contribution in [-0.4, -0.2) is 45.0 Å². The number of nitrogens with one attached hydrogen (secondary N) is 2. The summed E-state index contributed by atoms with van der Waals surface area (Å²) in [6, 6.07) is 7.55. The van der Waals surface area contributed by atoms with Crippen LogP contribution in [0.15, 0.2) is 35.6 Å². The van der Waals surface area contributed by atoms with E-state index < -0.39 is 0 Å². The van der Waals surface area contributed by atoms with Crippen molar-refractivity contribution < 1.29 is 4.79 Å². The summed E-state index contributed by atoms with van der Waals surface area (Å²) in [7, 11) is 0. The molecular weight excluding hydrogens is 360 g/mol. The minimum atomic E-state index is -0.0834. The van der Waals surface area contributed by atoms with Gasteiger partial charge in [-0.2, -0.15) is 5.10 Å². The van der Waals surface area contributed by atoms with Crippen molar-refractivity contribution in [2.45, 2.75) is 32.0 Å². The van der Waals surface area contributed by atoms with Crippen LogP contribution >= 0.6 is 11.8 Å². The number of nitrogens with zero attached hydrogens (tertiary/aromatic N) is 4. The summed E-state index contributed by atoms with van der Waals surface area (Å²) >= 11 is 1.50. The number of aryl methyl sites for hydroxylation is 1. The van der Waals surface area contributed by atoms with Gasteiger partial charge in [0.25, 0.3) is 5.91 Å². The molecule has 0 saturated carbocycles. The lowest BCUT2D eigenvalue weighted by molar-refractivity contribution is 0.0952. The highest BCUT2D eigenvalue weighted by atomic mass is 32.2. The van der Waals surface area contributed by atoms with Crippen molar-refractivity contribution in [3.8, 4) is 0 Å². The number of aromatic nitrogens is 4. The first-order chi connectivity index (χ1) is 13.1. The van der Waals surface area contributed by atoms with E-state index in [9.17, 15) is 4.79 Å². The lowest BCUT2D eigenvalue weighted by Gasteiger charge is -2.09. The summed E-state index contributed by atoms with van der Waals surface area (Å²) in [6.07, 6.45) is 4.74. The largest absolute Gasteiger partial charge is 0.369 e. The third-order valence-electron chi connectivity index (χ3n) is 4.09. The summed E-state index contributed by atoms with van der Waals surface area (Å²) in [5.41, 5.74) is 2.50. The summed E-state index contributed by atoms with van der Waals surface area (Å²) in [5.74, 6) is 0.723. The minimum absolute atomic E-state index is 0.0834. The highest BCUT2D eigenvalue weighted by Crippen LogP contribution is 2.23. The van der Waals surface area contributed by atoms with E-state index in [0.29, 0.717) is 23.8 Å². The fraction of sp³-hybridized carbons (Fsp3) is 0.368. The number of fused-ring (bicyclic) bond motifs is 1. The molecule has 0 bridgehead atoms. The van der Waals surface area contributed by atoms with Crippen LogP contribution in [0, 0.1) is 6.92 Å². The molecule has 1 aromatic carbocycles. The average Bonchev–Trinajstić information content (AvgIpc) is 3.09. The highest BCUT2D eigenvalue weighted by molar-refractivity contribution is 7.98. The summed E-state index contributed by atoms with van der Waals surface area (Å²) in [4.78, 5) is 21.4. The number of hydrogen-bond donors (Lipinski definition) is 2. The summed E-state index contributed by atoms with van der Waals surface area (Å²) < 4.78 is 1.81. The molecule has 0 saturated heterocycles. The van der Waals surface area contributed by atoms with Crippen LogP contribution in [0.2, 0.25) is 0 Å². The topological polar surface area (TPSA) is 84.7 Å². The zero-order valence-electron chi connectivity index (χ0n) is 15.8. The molecule has 2 aromatic heterocycles. The van der Waals surface area contributed by atoms with Crippen LogP contribution in [0.1, 0.15) is 29.3 Å². The zero-order valence-corrected chi connectivity index (χ0v) is 16.6. The molecule has 142 valence electrons. The Hall–Kier alpha value is -2.61. The number of amides is 1. The van der Waals surface area contributed by atoms with E-state index in [2.05, 4.69) is 32.6 Å². The summed E-state index contributed by atoms with van der Waals surface area (Å²) in [5, 5.41) is 12.3. The smallest absolute Gasteiger partial charge is 0.251 e. The molecule has 2 N–H and O–H groups in total. The second kappa shape index (κ2) is 8.85. The standard InChI is InChI=1S/C19H24N6OS/c1-4-8-20-16-15-12-22-25(17(15)24-19(23-16)27-3)10-9-21-18(26)14-7-5-6-13(2)11-14/h5-7,11-12H,4,8-10H2,1-3H3,(H,21,26)(H,20,23,24). The Labute approximate surface area is 163 Å². The molecule has 0 aliphatic rings. The van der Waals surface area contributed by atoms with Crippen LogP contribution in [-0.2, 0) is 6.54 Å². The number of anilines is 1. The number of carbonyl (C=O) groups excluding carboxylic acids is 1. The predicted octanol–water partition coefficient (Wildman–Crippen LogP) is 3.11. The SMILES string of the molecule is CCCNc1nc(SC)nc2c1cnn2CCNC(=O)c1cccc(C)c1. The van der Waals surface area contributed by atoms with E-state index in [0.717, 1.165) is 35.4 Å². The summed E-state index contributed by atoms with van der Waals surface area (Å²) in [6.45, 7) is 5.94. The molecule has 27 heavy (non-hydrogen) atoms. The van der Waals surface area contributed by atoms with Crippen molar-refractivity contribution in [1.82, 2.24) is 25.1 Å². The molecule has 0 unspecified atom stereocenters. The van der Waals surface area contributed by atoms with Gasteiger partial charge in [-0.3, -0.25) is 4.79 Å². The first-order valence-electron chi connectivity index (χ1n) is 8.98. The maximum atomic E-state index is 12.3. The van der Waals surface area contributed by atoms with Crippen molar-refractivity contribution in [2.75, 3.05) is 24.7 Å². The molecule has 7 nitrogen and oxygen atoms in total. The van der Waals surface area contributed by atoms with Crippen LogP contribution < -0.4 is 10.6 Å². The van der Waals surface area contributed by atoms with Gasteiger partial charge in [0.1, 0.15) is 5.82 Å². The second-order valence-electron chi connectivity index (χ2n) is 6.22. The van der Waals surface area contributed by atoms with Gasteiger partial charge >= 0.3 is 0 Å². The average molecular weight is 385 g/mol. The number of thioether (sulfide) groups is 1. The predicted molar refractivity (Wildman–Crippen MR) is 109 cm³/mol. The second-order valence-corrected chi connectivity index (χ2v) is 6.99. The van der Waals surface area contributed by atoms with Gasteiger partial charge in [0.15, 0.2) is 10.8 Å². The Balaban J connectivity index is 1.72. The Morgan fingerprint density at radius 3 is 2.85 bits per heavy atom. The van der Waals surface area contributed by atoms with E-state index in [-0.39, 0.29) is 5.91 Å². The lowest BCUT2D eigenvalue weighted by Crippen LogP contribution is -2.27. The fourth-order valence-electron chi connectivity index (χ4n) is 2.73. The van der Waals surface area contributed by atoms with Crippen molar-refractivity contribution in [3.05, 3.63) is 41.6 Å². The molecule has 0 aliphatic heterocycles. The first kappa shape index (κ1) is 19.2. The zero-order chi connectivity index (χ0) is 19.2. The molecule has 0 radical (unpaired) electrons. The van der Waals surface area contributed by atoms with Crippen LogP contribution in [0.3, 0.4) is 0 Å². The molecule has 0 spiro atoms. The lowest BCUT2D eigenvalue weighted by atomic mass is 10.1. The van der Waals surface area contributed by atoms with Crippen molar-refractivity contribution in [1.29, 1.82) is 0 Å². The van der Waals surface area contributed by atoms with Crippen molar-refractivity contribution in [2.24, 2.45) is 0 Å². The van der Waals surface area contributed by atoms with Crippen LogP contribution in [0.5, 0.6) is 0 Å². The Bertz CT molecular complexity index is 939. The molecule has 3 aromatic rings. The third-order valence-corrected chi connectivity index (χ3v) is 4.64. The maximum Gasteiger partial charge on any atom is 0.251 e. The molecule has 8 heteroatoms. The number of benzene rings is 1. The highest BCUT2D eigenvalue weighted by Gasteiger charge is 2.13. The molecule has 0 aliphatic carbocycles. The minimum Gasteiger partial charge on any atom is -0.369 e. The van der Waals surface area contributed by atoms with E-state index >= 15 is 0 Å². The monoisotopic (exact) mass is 384 g/mol.